The van der Waals surface area contributed by atoms with E-state index in [2.05, 4.69) is 19.5 Å². The number of H-pyrrole nitrogens is 2. The van der Waals surface area contributed by atoms with Crippen molar-refractivity contribution in [1.29, 1.82) is 0 Å². The highest BCUT2D eigenvalue weighted by atomic mass is 35.5. The van der Waals surface area contributed by atoms with Gasteiger partial charge < -0.3 is 76.4 Å². The van der Waals surface area contributed by atoms with Crippen LogP contribution in [0.25, 0.3) is 0 Å². The van der Waals surface area contributed by atoms with Gasteiger partial charge in [0.1, 0.15) is 36.5 Å². The van der Waals surface area contributed by atoms with E-state index >= 15 is 0 Å². The number of ether oxygens (including phenoxy) is 8. The van der Waals surface area contributed by atoms with Crippen LogP contribution in [0.3, 0.4) is 0 Å². The Morgan fingerprint density at radius 2 is 1.15 bits per heavy atom. The van der Waals surface area contributed by atoms with Crippen LogP contribution in [0.2, 0.25) is 10.0 Å². The summed E-state index contributed by atoms with van der Waals surface area (Å²) >= 11 is 12.4. The lowest BCUT2D eigenvalue weighted by molar-refractivity contribution is -0.230. The number of carbonyl (C=O) groups excluding carboxylic acids is 3. The number of aliphatic hydroxyl groups is 2. The molecule has 39 heteroatoms. The number of halogens is 2. The Hall–Kier alpha value is -6.02. The first-order valence-electron chi connectivity index (χ1n) is 30.2. The number of aromatic nitrogens is 4. The lowest BCUT2D eigenvalue weighted by Gasteiger charge is -2.27. The molecule has 8 heterocycles. The molecule has 5 fully saturated rings. The molecule has 542 valence electrons. The topological polar surface area (TPSA) is 469 Å². The number of rotatable bonds is 24. The minimum absolute atomic E-state index is 0.00412. The number of hydrogen-bond donors (Lipinski definition) is 6. The molecule has 97 heavy (non-hydrogen) atoms. The first-order valence-corrected chi connectivity index (χ1v) is 33.9. The molecule has 7 N–H and O–H groups in total. The maximum absolute atomic E-state index is 12.9. The van der Waals surface area contributed by atoms with Gasteiger partial charge >= 0.3 is 37.1 Å². The normalized spacial score (nSPS) is 27.9. The van der Waals surface area contributed by atoms with Crippen LogP contribution in [-0.4, -0.2) is 160 Å². The number of aliphatic hydroxyl groups excluding tert-OH is 2. The Labute approximate surface area is 564 Å². The number of carbonyl (C=O) groups is 3. The molecule has 0 spiro atoms. The van der Waals surface area contributed by atoms with Crippen LogP contribution < -0.4 is 33.3 Å². The predicted molar refractivity (Wildman–Crippen MR) is 334 cm³/mol. The number of phenolic OH excluding ortho intramolecular Hbond substituents is 1. The lowest BCUT2D eigenvalue weighted by Crippen LogP contribution is -2.33. The van der Waals surface area contributed by atoms with E-state index in [0.717, 1.165) is 10.1 Å². The second kappa shape index (κ2) is 36.9. The summed E-state index contributed by atoms with van der Waals surface area (Å²) < 4.78 is 101. The van der Waals surface area contributed by atoms with Gasteiger partial charge in [0, 0.05) is 119 Å². The van der Waals surface area contributed by atoms with Gasteiger partial charge in [-0.25, -0.2) is 20.1 Å². The summed E-state index contributed by atoms with van der Waals surface area (Å²) in [5.41, 5.74) is -0.452. The summed E-state index contributed by atoms with van der Waals surface area (Å²) in [5, 5.41) is 31.4. The van der Waals surface area contributed by atoms with Crippen molar-refractivity contribution in [1.82, 2.24) is 19.1 Å². The smallest absolute Gasteiger partial charge is 0.474 e. The van der Waals surface area contributed by atoms with Gasteiger partial charge in [-0.2, -0.15) is 0 Å². The van der Waals surface area contributed by atoms with Crippen molar-refractivity contribution in [3.05, 3.63) is 117 Å². The van der Waals surface area contributed by atoms with Gasteiger partial charge in [0.05, 0.1) is 80.1 Å². The molecule has 1 aromatic carbocycles. The van der Waals surface area contributed by atoms with Crippen LogP contribution in [0.1, 0.15) is 114 Å². The summed E-state index contributed by atoms with van der Waals surface area (Å²) in [6.07, 6.45) is 0.229. The number of esters is 3. The Bertz CT molecular complexity index is 3650. The molecule has 17 atom stereocenters. The third-order valence-electron chi connectivity index (χ3n) is 15.6. The van der Waals surface area contributed by atoms with Crippen molar-refractivity contribution in [2.45, 2.75) is 175 Å². The summed E-state index contributed by atoms with van der Waals surface area (Å²) in [6.45, 7) is 12.9. The fraction of sp³-hybridized carbons (Fsp3) is 0.621. The molecule has 3 aromatic heterocycles. The number of nitrogens with zero attached hydrogens (tertiary/aromatic N) is 3. The molecule has 0 saturated carbocycles. The van der Waals surface area contributed by atoms with E-state index in [9.17, 15) is 52.7 Å². The molecule has 4 aromatic rings. The second-order valence-electron chi connectivity index (χ2n) is 22.9. The average Bonchev–Trinajstić information content (AvgIpc) is 1.78. The van der Waals surface area contributed by atoms with Crippen LogP contribution in [0, 0.1) is 38.5 Å². The van der Waals surface area contributed by atoms with Crippen molar-refractivity contribution >= 4 is 63.0 Å². The molecular formula is C58H81Cl2N6O29P2-. The average molecular weight is 1460 g/mol. The summed E-state index contributed by atoms with van der Waals surface area (Å²) in [5.74, 6) is 3.34. The maximum Gasteiger partial charge on any atom is 0.474 e. The number of hydrogen-bond acceptors (Lipinski definition) is 31. The number of nitrogens with two attached hydrogens (primary N) is 1. The highest BCUT2D eigenvalue weighted by molar-refractivity contribution is 7.48. The molecule has 0 bridgehead atoms. The Morgan fingerprint density at radius 1 is 0.701 bits per heavy atom. The zero-order valence-electron chi connectivity index (χ0n) is 54.5. The van der Waals surface area contributed by atoms with E-state index in [-0.39, 0.29) is 109 Å². The SMILES string of the molecule is CC(=O)OC1C[C@@H](CO)C(C)O1.CC(=O)OC1C[C@@H](COP(=O)([O-])OC[C@H]2O[C@@H](n3cc(C)c(=O)[nH]c3=O)C[C@H]2O/N=C/c2c(Cl)cc(C)c(O)c2Cl)C(C)O1.COP(=O)(OC[C@@H]1CC(OC(C)=O)OC1C)OC[C@H]1O[C@@H](n2cc(C)c(=O)[nH]c2=O)C[C@H]1ON.OCc1ccoc1. The maximum atomic E-state index is 12.9. The third-order valence-corrected chi connectivity index (χ3v) is 18.6. The number of phosphoric acid groups is 2. The largest absolute Gasteiger partial charge is 0.756 e. The molecule has 35 nitrogen and oxygen atoms in total. The molecule has 0 radical (unpaired) electrons. The molecular weight excluding hydrogens is 1380 g/mol. The predicted octanol–water partition coefficient (Wildman–Crippen LogP) is 4.25. The van der Waals surface area contributed by atoms with E-state index in [1.807, 2.05) is 6.92 Å². The zero-order valence-corrected chi connectivity index (χ0v) is 57.8. The van der Waals surface area contributed by atoms with Gasteiger partial charge in [0.25, 0.3) is 18.9 Å². The van der Waals surface area contributed by atoms with Gasteiger partial charge in [0.15, 0.2) is 6.10 Å². The molecule has 5 aliphatic heterocycles. The lowest BCUT2D eigenvalue weighted by atomic mass is 10.0. The van der Waals surface area contributed by atoms with Crippen molar-refractivity contribution in [2.24, 2.45) is 28.8 Å². The number of benzene rings is 1. The quantitative estimate of drug-likeness (QED) is 0.0188. The van der Waals surface area contributed by atoms with E-state index in [4.69, 9.17) is 110 Å². The van der Waals surface area contributed by atoms with Gasteiger partial charge in [-0.1, -0.05) is 28.4 Å². The van der Waals surface area contributed by atoms with Crippen LogP contribution in [0.5, 0.6) is 5.75 Å². The van der Waals surface area contributed by atoms with E-state index in [1.54, 1.807) is 33.8 Å². The fourth-order valence-corrected chi connectivity index (χ4v) is 12.6. The van der Waals surface area contributed by atoms with Crippen LogP contribution in [0.15, 0.2) is 65.8 Å². The van der Waals surface area contributed by atoms with Gasteiger partial charge in [-0.3, -0.25) is 66.0 Å². The molecule has 5 saturated heterocycles. The third kappa shape index (κ3) is 23.5. The number of aromatic amines is 2. The van der Waals surface area contributed by atoms with E-state index in [1.165, 1.54) is 76.6 Å². The number of furan rings is 1. The number of nitrogens with one attached hydrogen (secondary N) is 2. The van der Waals surface area contributed by atoms with Crippen LogP contribution in [-0.2, 0) is 100 Å². The summed E-state index contributed by atoms with van der Waals surface area (Å²) in [7, 11) is -7.69. The fourth-order valence-electron chi connectivity index (χ4n) is 10.1. The summed E-state index contributed by atoms with van der Waals surface area (Å²) in [6, 6.07) is 3.21. The minimum atomic E-state index is -4.88. The molecule has 0 aliphatic carbocycles. The minimum Gasteiger partial charge on any atom is -0.756 e. The van der Waals surface area contributed by atoms with Crippen LogP contribution >= 0.6 is 38.8 Å². The number of aromatic hydroxyl groups is 1. The monoisotopic (exact) mass is 1460 g/mol. The van der Waals surface area contributed by atoms with E-state index in [0.29, 0.717) is 24.0 Å². The number of aryl methyl sites for hydroxylation is 3. The Morgan fingerprint density at radius 3 is 1.60 bits per heavy atom. The second-order valence-corrected chi connectivity index (χ2v) is 26.8. The number of phenols is 1. The first kappa shape index (κ1) is 80.0. The number of oxime groups is 1. The van der Waals surface area contributed by atoms with Crippen molar-refractivity contribution in [3.63, 3.8) is 0 Å². The molecule has 8 unspecified atom stereocenters. The van der Waals surface area contributed by atoms with Crippen molar-refractivity contribution in [2.75, 3.05) is 40.1 Å². The first-order chi connectivity index (χ1) is 45.8. The summed E-state index contributed by atoms with van der Waals surface area (Å²) in [4.78, 5) is 109. The number of phosphoric ester groups is 2. The van der Waals surface area contributed by atoms with Gasteiger partial charge in [0.2, 0.25) is 18.9 Å². The van der Waals surface area contributed by atoms with Crippen molar-refractivity contribution < 1.29 is 118 Å². The standard InChI is InChI=1S/C26H32Cl2N3O12P.C19H30N3O11P.C8H14O4.C5H6O2/c1-12-5-18(27)17(23(28)24(12)33)8-29-43-19-7-21(31-9-13(2)25(34)30-26(31)35)42-20(19)11-39-44(36,37)38-10-16-6-22(40-14(16)3)41-15(4)32;1-10-7-22(19(25)21-18(10)24)16-6-14(33-20)15(32-16)9-29-34(26,27-4)28-8-13-5-17(30-11(13)2)31-12(3)23;1-5-7(4-9)3-8(11-5)12-6(2)10;6-3-5-1-2-7-4-5/h5,8-9,14,16,19-22,33H,6-7,10-11H2,1-4H3,(H,36,37)(H,30,34,35);7,11,13-17H,5-6,8-9,20H2,1-4H3,(H,21,24,25);5,7-9H,3-4H2,1-2H3;1-2,4,6H,3H2/p-1/b29-8+;;;/t14?,16-,19+,20+,21+,22?;11?,13-,14+,15+,16+,17?,34?;5?,7-,8?;/m000./s1. The Kier molecular flexibility index (Phi) is 30.4. The zero-order chi connectivity index (χ0) is 71.6. The van der Waals surface area contributed by atoms with Crippen molar-refractivity contribution in [3.8, 4) is 5.75 Å². The van der Waals surface area contributed by atoms with Gasteiger partial charge in [-0.05, 0) is 59.2 Å². The van der Waals surface area contributed by atoms with Crippen LogP contribution in [0.4, 0.5) is 0 Å². The van der Waals surface area contributed by atoms with E-state index < -0.39 is 124 Å². The highest BCUT2D eigenvalue weighted by Crippen LogP contribution is 2.51. The molecule has 0 amide bonds. The molecule has 9 rings (SSSR count). The Balaban J connectivity index is 0.000000244. The molecule has 5 aliphatic rings. The van der Waals surface area contributed by atoms with Gasteiger partial charge in [-0.15, -0.1) is 0 Å². The highest BCUT2D eigenvalue weighted by Gasteiger charge is 2.43.